The van der Waals surface area contributed by atoms with Gasteiger partial charge < -0.3 is 24.6 Å². The van der Waals surface area contributed by atoms with Gasteiger partial charge in [-0.15, -0.1) is 0 Å². The third-order valence-electron chi connectivity index (χ3n) is 3.56. The molecule has 8 nitrogen and oxygen atoms in total. The van der Waals surface area contributed by atoms with Gasteiger partial charge in [-0.1, -0.05) is 6.92 Å². The van der Waals surface area contributed by atoms with Crippen LogP contribution < -0.4 is 19.5 Å². The average Bonchev–Trinajstić information content (AvgIpc) is 2.66. The predicted octanol–water partition coefficient (Wildman–Crippen LogP) is 2.64. The van der Waals surface area contributed by atoms with E-state index in [9.17, 15) is 4.79 Å². The number of nitrogens with one attached hydrogen (secondary N) is 1. The van der Waals surface area contributed by atoms with Gasteiger partial charge in [-0.3, -0.25) is 0 Å². The second-order valence-electron chi connectivity index (χ2n) is 5.45. The van der Waals surface area contributed by atoms with Crippen LogP contribution in [0.4, 0.5) is 5.82 Å². The molecule has 0 saturated carbocycles. The second-order valence-corrected chi connectivity index (χ2v) is 5.45. The molecule has 0 radical (unpaired) electrons. The Labute approximate surface area is 152 Å². The highest BCUT2D eigenvalue weighted by Gasteiger charge is 2.14. The molecule has 1 aromatic heterocycles. The van der Waals surface area contributed by atoms with E-state index in [0.29, 0.717) is 42.6 Å². The molecule has 140 valence electrons. The average molecular weight is 361 g/mol. The van der Waals surface area contributed by atoms with Crippen molar-refractivity contribution in [1.29, 1.82) is 0 Å². The van der Waals surface area contributed by atoms with Crippen LogP contribution >= 0.6 is 0 Å². The highest BCUT2D eigenvalue weighted by molar-refractivity contribution is 5.84. The van der Waals surface area contributed by atoms with Crippen molar-refractivity contribution < 1.29 is 24.1 Å². The molecule has 1 aromatic carbocycles. The molecule has 0 amide bonds. The zero-order valence-electron chi connectivity index (χ0n) is 15.1. The molecular weight excluding hydrogens is 338 g/mol. The smallest absolute Gasteiger partial charge is 0.356 e. The van der Waals surface area contributed by atoms with E-state index in [0.717, 1.165) is 12.0 Å². The lowest BCUT2D eigenvalue weighted by Gasteiger charge is -2.16. The summed E-state index contributed by atoms with van der Waals surface area (Å²) in [6, 6.07) is 3.82. The van der Waals surface area contributed by atoms with Crippen LogP contribution in [0.1, 0.15) is 29.4 Å². The lowest BCUT2D eigenvalue weighted by molar-refractivity contribution is 0.0690. The van der Waals surface area contributed by atoms with Crippen molar-refractivity contribution in [2.45, 2.75) is 19.8 Å². The van der Waals surface area contributed by atoms with Gasteiger partial charge in [0.25, 0.3) is 0 Å². The van der Waals surface area contributed by atoms with Gasteiger partial charge in [0.05, 0.1) is 33.2 Å². The van der Waals surface area contributed by atoms with Crippen LogP contribution in [0, 0.1) is 0 Å². The monoisotopic (exact) mass is 361 g/mol. The van der Waals surface area contributed by atoms with Gasteiger partial charge in [-0.2, -0.15) is 0 Å². The van der Waals surface area contributed by atoms with Gasteiger partial charge in [0.2, 0.25) is 5.75 Å². The first-order valence-corrected chi connectivity index (χ1v) is 8.26. The fourth-order valence-corrected chi connectivity index (χ4v) is 2.29. The highest BCUT2D eigenvalue weighted by atomic mass is 16.5. The van der Waals surface area contributed by atoms with E-state index in [1.54, 1.807) is 14.2 Å². The van der Waals surface area contributed by atoms with Gasteiger partial charge in [-0.05, 0) is 30.5 Å². The van der Waals surface area contributed by atoms with Crippen molar-refractivity contribution in [3.63, 3.8) is 0 Å². The summed E-state index contributed by atoms with van der Waals surface area (Å²) in [6.07, 6.45) is 4.19. The quantitative estimate of drug-likeness (QED) is 0.666. The zero-order chi connectivity index (χ0) is 18.9. The van der Waals surface area contributed by atoms with E-state index in [2.05, 4.69) is 15.3 Å². The Morgan fingerprint density at radius 1 is 1.15 bits per heavy atom. The third kappa shape index (κ3) is 4.98. The van der Waals surface area contributed by atoms with Crippen molar-refractivity contribution in [3.05, 3.63) is 35.8 Å². The molecule has 0 spiro atoms. The van der Waals surface area contributed by atoms with E-state index in [-0.39, 0.29) is 5.69 Å². The Morgan fingerprint density at radius 3 is 2.35 bits per heavy atom. The molecule has 0 atom stereocenters. The van der Waals surface area contributed by atoms with Crippen LogP contribution in [0.2, 0.25) is 0 Å². The molecular formula is C18H23N3O5. The summed E-state index contributed by atoms with van der Waals surface area (Å²) in [5.41, 5.74) is 0.915. The summed E-state index contributed by atoms with van der Waals surface area (Å²) in [6.45, 7) is 3.20. The largest absolute Gasteiger partial charge is 0.493 e. The van der Waals surface area contributed by atoms with Crippen LogP contribution in [0.3, 0.4) is 0 Å². The Hall–Kier alpha value is -3.03. The number of anilines is 1. The molecule has 26 heavy (non-hydrogen) atoms. The fraction of sp³-hybridized carbons (Fsp3) is 0.389. The number of carbonyl (C=O) groups is 1. The number of ether oxygens (including phenoxy) is 3. The summed E-state index contributed by atoms with van der Waals surface area (Å²) >= 11 is 0. The molecule has 0 bridgehead atoms. The minimum absolute atomic E-state index is 0.0901. The number of carboxylic acids is 1. The molecule has 8 heteroatoms. The summed E-state index contributed by atoms with van der Waals surface area (Å²) < 4.78 is 16.6. The van der Waals surface area contributed by atoms with E-state index >= 15 is 0 Å². The van der Waals surface area contributed by atoms with Gasteiger partial charge >= 0.3 is 5.97 Å². The van der Waals surface area contributed by atoms with Crippen LogP contribution in [0.5, 0.6) is 17.2 Å². The maximum Gasteiger partial charge on any atom is 0.356 e. The molecule has 2 rings (SSSR count). The number of nitrogens with zero attached hydrogens (tertiary/aromatic N) is 2. The Bertz CT molecular complexity index is 709. The number of benzene rings is 1. The summed E-state index contributed by atoms with van der Waals surface area (Å²) in [5.74, 6) is 1.26. The first-order valence-electron chi connectivity index (χ1n) is 8.26. The van der Waals surface area contributed by atoms with Gasteiger partial charge in [0.15, 0.2) is 17.2 Å². The van der Waals surface area contributed by atoms with Crippen molar-refractivity contribution in [2.24, 2.45) is 0 Å². The van der Waals surface area contributed by atoms with Gasteiger partial charge in [0, 0.05) is 6.54 Å². The zero-order valence-corrected chi connectivity index (χ0v) is 15.1. The summed E-state index contributed by atoms with van der Waals surface area (Å²) in [7, 11) is 3.18. The fourth-order valence-electron chi connectivity index (χ4n) is 2.29. The molecule has 1 heterocycles. The van der Waals surface area contributed by atoms with E-state index in [1.165, 1.54) is 12.4 Å². The minimum Gasteiger partial charge on any atom is -0.493 e. The van der Waals surface area contributed by atoms with Crippen molar-refractivity contribution in [3.8, 4) is 17.2 Å². The molecule has 2 N–H and O–H groups in total. The molecule has 2 aromatic rings. The number of rotatable bonds is 10. The highest BCUT2D eigenvalue weighted by Crippen LogP contribution is 2.38. The second kappa shape index (κ2) is 9.45. The SMILES string of the molecule is CCCOc1c(OC)cc(CCNc2cnc(C(=O)O)cn2)cc1OC. The lowest BCUT2D eigenvalue weighted by atomic mass is 10.1. The number of carboxylic acid groups (broad SMARTS) is 1. The molecule has 0 fully saturated rings. The number of aromatic carboxylic acids is 1. The number of aromatic nitrogens is 2. The standard InChI is InChI=1S/C18H23N3O5/c1-4-7-26-17-14(24-2)8-12(9-15(17)25-3)5-6-19-16-11-20-13(10-21-16)18(22)23/h8-11H,4-7H2,1-3H3,(H,19,21)(H,22,23). The Balaban J connectivity index is 2.03. The minimum atomic E-state index is -1.10. The molecule has 0 unspecified atom stereocenters. The maximum absolute atomic E-state index is 10.8. The summed E-state index contributed by atoms with van der Waals surface area (Å²) in [4.78, 5) is 18.6. The molecule has 0 aliphatic rings. The van der Waals surface area contributed by atoms with Gasteiger partial charge in [-0.25, -0.2) is 14.8 Å². The first kappa shape index (κ1) is 19.3. The Kier molecular flexibility index (Phi) is 7.02. The van der Waals surface area contributed by atoms with E-state index in [4.69, 9.17) is 19.3 Å². The predicted molar refractivity (Wildman–Crippen MR) is 96.5 cm³/mol. The van der Waals surface area contributed by atoms with Crippen LogP contribution in [-0.4, -0.2) is 48.4 Å². The van der Waals surface area contributed by atoms with Crippen molar-refractivity contribution in [2.75, 3.05) is 32.7 Å². The molecule has 0 aliphatic carbocycles. The number of hydrogen-bond donors (Lipinski definition) is 2. The number of methoxy groups -OCH3 is 2. The van der Waals surface area contributed by atoms with Gasteiger partial charge in [0.1, 0.15) is 5.82 Å². The number of hydrogen-bond acceptors (Lipinski definition) is 7. The maximum atomic E-state index is 10.8. The normalized spacial score (nSPS) is 10.3. The third-order valence-corrected chi connectivity index (χ3v) is 3.56. The molecule has 0 aliphatic heterocycles. The van der Waals surface area contributed by atoms with E-state index in [1.807, 2.05) is 19.1 Å². The topological polar surface area (TPSA) is 103 Å². The Morgan fingerprint density at radius 2 is 1.85 bits per heavy atom. The lowest BCUT2D eigenvalue weighted by Crippen LogP contribution is -2.09. The first-order chi connectivity index (χ1) is 12.6. The molecule has 0 saturated heterocycles. The van der Waals surface area contributed by atoms with Crippen LogP contribution in [0.25, 0.3) is 0 Å². The van der Waals surface area contributed by atoms with Crippen LogP contribution in [0.15, 0.2) is 24.5 Å². The summed E-state index contributed by atoms with van der Waals surface area (Å²) in [5, 5.41) is 11.9. The van der Waals surface area contributed by atoms with E-state index < -0.39 is 5.97 Å². The van der Waals surface area contributed by atoms with Crippen LogP contribution in [-0.2, 0) is 6.42 Å². The van der Waals surface area contributed by atoms with Crippen molar-refractivity contribution >= 4 is 11.8 Å². The van der Waals surface area contributed by atoms with Crippen molar-refractivity contribution in [1.82, 2.24) is 9.97 Å².